The third kappa shape index (κ3) is 1.89. The van der Waals surface area contributed by atoms with Gasteiger partial charge in [-0.1, -0.05) is 6.42 Å². The van der Waals surface area contributed by atoms with Gasteiger partial charge in [-0.15, -0.1) is 0 Å². The van der Waals surface area contributed by atoms with Gasteiger partial charge in [0.1, 0.15) is 5.82 Å². The minimum atomic E-state index is 0.675. The molecule has 98 valence electrons. The van der Waals surface area contributed by atoms with Crippen molar-refractivity contribution < 1.29 is 0 Å². The summed E-state index contributed by atoms with van der Waals surface area (Å²) in [6.07, 6.45) is 13.9. The van der Waals surface area contributed by atoms with E-state index in [1.165, 1.54) is 44.3 Å². The summed E-state index contributed by atoms with van der Waals surface area (Å²) in [5.41, 5.74) is 0. The Morgan fingerprint density at radius 3 is 3.11 bits per heavy atom. The molecule has 4 atom stereocenters. The van der Waals surface area contributed by atoms with Gasteiger partial charge in [0, 0.05) is 37.4 Å². The molecule has 2 aliphatic carbocycles. The topological polar surface area (TPSA) is 29.9 Å². The van der Waals surface area contributed by atoms with Gasteiger partial charge < -0.3 is 9.88 Å². The van der Waals surface area contributed by atoms with E-state index >= 15 is 0 Å². The molecule has 2 saturated carbocycles. The average Bonchev–Trinajstić information content (AvgIpc) is 3.00. The van der Waals surface area contributed by atoms with Crippen LogP contribution in [0.1, 0.15) is 44.3 Å². The largest absolute Gasteiger partial charge is 0.333 e. The molecule has 0 aromatic carbocycles. The fraction of sp³-hybridized carbons (Fsp3) is 0.800. The molecule has 1 aromatic heterocycles. The van der Waals surface area contributed by atoms with E-state index < -0.39 is 0 Å². The van der Waals surface area contributed by atoms with E-state index in [-0.39, 0.29) is 0 Å². The van der Waals surface area contributed by atoms with Crippen molar-refractivity contribution in [1.29, 1.82) is 0 Å². The Morgan fingerprint density at radius 1 is 1.17 bits per heavy atom. The second-order valence-corrected chi connectivity index (χ2v) is 6.52. The smallest absolute Gasteiger partial charge is 0.108 e. The first-order valence-electron chi connectivity index (χ1n) is 7.64. The fourth-order valence-corrected chi connectivity index (χ4v) is 4.42. The Bertz CT molecular complexity index is 425. The van der Waals surface area contributed by atoms with E-state index in [1.54, 1.807) is 0 Å². The van der Waals surface area contributed by atoms with Gasteiger partial charge in [-0.3, -0.25) is 0 Å². The highest BCUT2D eigenvalue weighted by atomic mass is 15.1. The van der Waals surface area contributed by atoms with Crippen LogP contribution in [0.25, 0.3) is 0 Å². The second kappa shape index (κ2) is 4.37. The molecule has 3 nitrogen and oxygen atoms in total. The highest BCUT2D eigenvalue weighted by Crippen LogP contribution is 2.42. The molecule has 2 fully saturated rings. The summed E-state index contributed by atoms with van der Waals surface area (Å²) in [4.78, 5) is 4.41. The number of aryl methyl sites for hydroxylation is 1. The van der Waals surface area contributed by atoms with Crippen LogP contribution in [0.15, 0.2) is 12.4 Å². The van der Waals surface area contributed by atoms with Crippen LogP contribution in [0.4, 0.5) is 0 Å². The molecule has 18 heavy (non-hydrogen) atoms. The van der Waals surface area contributed by atoms with E-state index in [0.717, 1.165) is 30.8 Å². The van der Waals surface area contributed by atoms with Crippen molar-refractivity contribution in [2.75, 3.05) is 0 Å². The van der Waals surface area contributed by atoms with Crippen LogP contribution in [0.2, 0.25) is 0 Å². The Morgan fingerprint density at radius 2 is 2.11 bits per heavy atom. The Labute approximate surface area is 109 Å². The molecule has 2 bridgehead atoms. The lowest BCUT2D eigenvalue weighted by molar-refractivity contribution is 0.229. The molecule has 1 N–H and O–H groups in total. The zero-order valence-corrected chi connectivity index (χ0v) is 11.0. The summed E-state index contributed by atoms with van der Waals surface area (Å²) < 4.78 is 2.33. The highest BCUT2D eigenvalue weighted by molar-refractivity contribution is 5.00. The molecule has 3 heteroatoms. The van der Waals surface area contributed by atoms with Crippen LogP contribution < -0.4 is 5.32 Å². The predicted molar refractivity (Wildman–Crippen MR) is 71.3 cm³/mol. The van der Waals surface area contributed by atoms with Crippen molar-refractivity contribution in [2.24, 2.45) is 11.8 Å². The molecule has 0 amide bonds. The van der Waals surface area contributed by atoms with Gasteiger partial charge in [0.15, 0.2) is 0 Å². The number of nitrogens with zero attached hydrogens (tertiary/aromatic N) is 2. The van der Waals surface area contributed by atoms with Crippen LogP contribution in [-0.4, -0.2) is 21.6 Å². The molecular formula is C15H23N3. The van der Waals surface area contributed by atoms with Gasteiger partial charge in [0.25, 0.3) is 0 Å². The molecular weight excluding hydrogens is 222 g/mol. The molecule has 0 saturated heterocycles. The molecule has 4 unspecified atom stereocenters. The van der Waals surface area contributed by atoms with Crippen LogP contribution in [0.5, 0.6) is 0 Å². The van der Waals surface area contributed by atoms with Gasteiger partial charge in [-0.05, 0) is 43.9 Å². The van der Waals surface area contributed by atoms with Gasteiger partial charge in [0.2, 0.25) is 0 Å². The van der Waals surface area contributed by atoms with E-state index in [1.807, 2.05) is 6.20 Å². The van der Waals surface area contributed by atoms with Gasteiger partial charge in [-0.2, -0.15) is 0 Å². The maximum atomic E-state index is 4.41. The highest BCUT2D eigenvalue weighted by Gasteiger charge is 2.36. The van der Waals surface area contributed by atoms with Gasteiger partial charge in [0.05, 0.1) is 0 Å². The summed E-state index contributed by atoms with van der Waals surface area (Å²) in [5, 5.41) is 3.97. The SMILES string of the molecule is c1cn2c(n1)CCC(NC1CCC3CCC1C3)C2. The molecule has 2 heterocycles. The number of aromatic nitrogens is 2. The molecule has 1 aromatic rings. The van der Waals surface area contributed by atoms with Crippen molar-refractivity contribution in [2.45, 2.75) is 63.6 Å². The van der Waals surface area contributed by atoms with Crippen molar-refractivity contribution in [3.8, 4) is 0 Å². The quantitative estimate of drug-likeness (QED) is 0.867. The van der Waals surface area contributed by atoms with Gasteiger partial charge in [-0.25, -0.2) is 4.98 Å². The minimum Gasteiger partial charge on any atom is -0.333 e. The van der Waals surface area contributed by atoms with E-state index in [9.17, 15) is 0 Å². The Balaban J connectivity index is 1.41. The number of imidazole rings is 1. The third-order valence-electron chi connectivity index (χ3n) is 5.42. The maximum Gasteiger partial charge on any atom is 0.108 e. The van der Waals surface area contributed by atoms with Crippen molar-refractivity contribution in [3.05, 3.63) is 18.2 Å². The summed E-state index contributed by atoms with van der Waals surface area (Å²) in [7, 11) is 0. The van der Waals surface area contributed by atoms with Crippen LogP contribution in [0, 0.1) is 11.8 Å². The maximum absolute atomic E-state index is 4.41. The monoisotopic (exact) mass is 245 g/mol. The number of hydrogen-bond acceptors (Lipinski definition) is 2. The fourth-order valence-electron chi connectivity index (χ4n) is 4.42. The number of nitrogens with one attached hydrogen (secondary N) is 1. The first kappa shape index (κ1) is 11.0. The zero-order valence-electron chi connectivity index (χ0n) is 11.0. The lowest BCUT2D eigenvalue weighted by atomic mass is 9.84. The average molecular weight is 245 g/mol. The normalized spacial score (nSPS) is 38.7. The Kier molecular flexibility index (Phi) is 2.68. The summed E-state index contributed by atoms with van der Waals surface area (Å²) in [6, 6.07) is 1.48. The standard InChI is InChI=1S/C15H23N3/c1-3-12-9-11(1)2-5-14(12)17-13-4-6-15-16-7-8-18(15)10-13/h7-8,11-14,17H,1-6,9-10H2. The summed E-state index contributed by atoms with van der Waals surface area (Å²) >= 11 is 0. The predicted octanol–water partition coefficient (Wildman–Crippen LogP) is 2.37. The van der Waals surface area contributed by atoms with Crippen molar-refractivity contribution in [3.63, 3.8) is 0 Å². The number of hydrogen-bond donors (Lipinski definition) is 1. The van der Waals surface area contributed by atoms with Crippen molar-refractivity contribution >= 4 is 0 Å². The lowest BCUT2D eigenvalue weighted by Crippen LogP contribution is -2.47. The van der Waals surface area contributed by atoms with E-state index in [4.69, 9.17) is 0 Å². The molecule has 0 radical (unpaired) electrons. The minimum absolute atomic E-state index is 0.675. The number of fused-ring (bicyclic) bond motifs is 3. The molecule has 1 aliphatic heterocycles. The van der Waals surface area contributed by atoms with E-state index in [2.05, 4.69) is 21.1 Å². The third-order valence-corrected chi connectivity index (χ3v) is 5.42. The molecule has 0 spiro atoms. The first-order chi connectivity index (χ1) is 8.88. The lowest BCUT2D eigenvalue weighted by Gasteiger charge is -2.35. The van der Waals surface area contributed by atoms with Crippen molar-refractivity contribution in [1.82, 2.24) is 14.9 Å². The zero-order chi connectivity index (χ0) is 11.9. The summed E-state index contributed by atoms with van der Waals surface area (Å²) in [6.45, 7) is 1.13. The number of rotatable bonds is 2. The van der Waals surface area contributed by atoms with Gasteiger partial charge >= 0.3 is 0 Å². The Hall–Kier alpha value is -0.830. The molecule has 3 aliphatic rings. The second-order valence-electron chi connectivity index (χ2n) is 6.52. The first-order valence-corrected chi connectivity index (χ1v) is 7.64. The van der Waals surface area contributed by atoms with E-state index in [0.29, 0.717) is 6.04 Å². The van der Waals surface area contributed by atoms with Crippen LogP contribution in [0.3, 0.4) is 0 Å². The summed E-state index contributed by atoms with van der Waals surface area (Å²) in [5.74, 6) is 3.32. The van der Waals surface area contributed by atoms with Crippen LogP contribution >= 0.6 is 0 Å². The molecule has 4 rings (SSSR count). The van der Waals surface area contributed by atoms with Crippen LogP contribution in [-0.2, 0) is 13.0 Å².